The molecule has 3 amide bonds. The summed E-state index contributed by atoms with van der Waals surface area (Å²) >= 11 is 0. The molecule has 0 saturated carbocycles. The Labute approximate surface area is 175 Å². The van der Waals surface area contributed by atoms with E-state index in [0.29, 0.717) is 11.4 Å². The number of rotatable bonds is 9. The second-order valence-electron chi connectivity index (χ2n) is 6.88. The smallest absolute Gasteiger partial charge is 0.329 e. The molecule has 160 valence electrons. The lowest BCUT2D eigenvalue weighted by atomic mass is 10.1. The number of urea groups is 1. The van der Waals surface area contributed by atoms with Crippen LogP contribution in [0, 0.1) is 5.92 Å². The highest BCUT2D eigenvalue weighted by atomic mass is 16.5. The molecule has 0 unspecified atom stereocenters. The van der Waals surface area contributed by atoms with Gasteiger partial charge in [0.25, 0.3) is 5.91 Å². The summed E-state index contributed by atoms with van der Waals surface area (Å²) in [5.74, 6) is -0.704. The number of amides is 3. The molecular weight excluding hydrogens is 386 g/mol. The van der Waals surface area contributed by atoms with E-state index in [4.69, 9.17) is 9.47 Å². The van der Waals surface area contributed by atoms with Crippen LogP contribution < -0.4 is 20.7 Å². The number of hydrogen-bond acceptors (Lipinski definition) is 5. The number of benzene rings is 2. The van der Waals surface area contributed by atoms with E-state index in [-0.39, 0.29) is 12.5 Å². The van der Waals surface area contributed by atoms with Crippen LogP contribution in [-0.2, 0) is 20.9 Å². The summed E-state index contributed by atoms with van der Waals surface area (Å²) in [5, 5.41) is 7.91. The molecule has 2 aromatic rings. The first kappa shape index (κ1) is 22.7. The largest absolute Gasteiger partial charge is 0.496 e. The molecule has 0 fully saturated rings. The van der Waals surface area contributed by atoms with Gasteiger partial charge in [0, 0.05) is 17.8 Å². The van der Waals surface area contributed by atoms with Crippen molar-refractivity contribution in [2.75, 3.05) is 19.0 Å². The molecule has 2 rings (SSSR count). The Bertz CT molecular complexity index is 855. The Morgan fingerprint density at radius 3 is 2.30 bits per heavy atom. The van der Waals surface area contributed by atoms with Gasteiger partial charge < -0.3 is 25.4 Å². The zero-order valence-electron chi connectivity index (χ0n) is 17.3. The maximum Gasteiger partial charge on any atom is 0.329 e. The summed E-state index contributed by atoms with van der Waals surface area (Å²) in [7, 11) is 1.55. The van der Waals surface area contributed by atoms with Gasteiger partial charge in [-0.2, -0.15) is 0 Å². The van der Waals surface area contributed by atoms with E-state index in [9.17, 15) is 14.4 Å². The van der Waals surface area contributed by atoms with Gasteiger partial charge in [0.15, 0.2) is 6.61 Å². The average molecular weight is 413 g/mol. The van der Waals surface area contributed by atoms with E-state index in [2.05, 4.69) is 16.0 Å². The van der Waals surface area contributed by atoms with Crippen molar-refractivity contribution >= 4 is 23.6 Å². The number of anilines is 1. The Kier molecular flexibility index (Phi) is 8.68. The molecule has 0 heterocycles. The average Bonchev–Trinajstić information content (AvgIpc) is 2.75. The standard InChI is InChI=1S/C22H27N3O5/c1-15(2)20(25-22(28)24-17-10-5-4-6-11-17)21(27)30-14-19(26)23-13-16-9-7-8-12-18(16)29-3/h4-12,15,20H,13-14H2,1-3H3,(H,23,26)(H2,24,25,28)/t20-/m1/s1. The highest BCUT2D eigenvalue weighted by Crippen LogP contribution is 2.16. The number of carbonyl (C=O) groups is 3. The van der Waals surface area contributed by atoms with E-state index in [0.717, 1.165) is 5.56 Å². The predicted octanol–water partition coefficient (Wildman–Crippen LogP) is 2.70. The molecule has 0 bridgehead atoms. The minimum atomic E-state index is -0.893. The van der Waals surface area contributed by atoms with Crippen molar-refractivity contribution in [2.45, 2.75) is 26.4 Å². The lowest BCUT2D eigenvalue weighted by Crippen LogP contribution is -2.47. The van der Waals surface area contributed by atoms with Gasteiger partial charge in [-0.05, 0) is 24.1 Å². The van der Waals surface area contributed by atoms with Crippen molar-refractivity contribution in [1.29, 1.82) is 0 Å². The third-order valence-corrected chi connectivity index (χ3v) is 4.25. The second kappa shape index (κ2) is 11.5. The third-order valence-electron chi connectivity index (χ3n) is 4.25. The first-order valence-corrected chi connectivity index (χ1v) is 9.58. The van der Waals surface area contributed by atoms with Crippen LogP contribution in [0.15, 0.2) is 54.6 Å². The normalized spacial score (nSPS) is 11.3. The van der Waals surface area contributed by atoms with Crippen LogP contribution in [-0.4, -0.2) is 37.7 Å². The monoisotopic (exact) mass is 413 g/mol. The molecule has 0 saturated heterocycles. The summed E-state index contributed by atoms with van der Waals surface area (Å²) in [6.45, 7) is 3.35. The number of ether oxygens (including phenoxy) is 2. The van der Waals surface area contributed by atoms with Gasteiger partial charge in [-0.15, -0.1) is 0 Å². The van der Waals surface area contributed by atoms with Gasteiger partial charge in [-0.25, -0.2) is 9.59 Å². The van der Waals surface area contributed by atoms with Gasteiger partial charge >= 0.3 is 12.0 Å². The molecule has 0 aliphatic carbocycles. The third kappa shape index (κ3) is 7.12. The molecule has 0 aliphatic rings. The van der Waals surface area contributed by atoms with E-state index >= 15 is 0 Å². The fourth-order valence-corrected chi connectivity index (χ4v) is 2.65. The fraction of sp³-hybridized carbons (Fsp3) is 0.318. The molecule has 0 spiro atoms. The lowest BCUT2D eigenvalue weighted by molar-refractivity contribution is -0.151. The number of para-hydroxylation sites is 2. The van der Waals surface area contributed by atoms with E-state index in [1.54, 1.807) is 51.3 Å². The number of esters is 1. The first-order valence-electron chi connectivity index (χ1n) is 9.58. The minimum Gasteiger partial charge on any atom is -0.496 e. The number of methoxy groups -OCH3 is 1. The van der Waals surface area contributed by atoms with Crippen LogP contribution in [0.25, 0.3) is 0 Å². The second-order valence-corrected chi connectivity index (χ2v) is 6.88. The molecule has 30 heavy (non-hydrogen) atoms. The van der Waals surface area contributed by atoms with Crippen molar-refractivity contribution in [3.63, 3.8) is 0 Å². The van der Waals surface area contributed by atoms with E-state index < -0.39 is 30.6 Å². The van der Waals surface area contributed by atoms with Crippen molar-refractivity contribution in [3.8, 4) is 5.75 Å². The minimum absolute atomic E-state index is 0.226. The molecule has 1 atom stereocenters. The molecular formula is C22H27N3O5. The summed E-state index contributed by atoms with van der Waals surface area (Å²) in [6, 6.07) is 14.7. The van der Waals surface area contributed by atoms with Gasteiger partial charge in [0.05, 0.1) is 7.11 Å². The first-order chi connectivity index (χ1) is 14.4. The Hall–Kier alpha value is -3.55. The fourth-order valence-electron chi connectivity index (χ4n) is 2.65. The summed E-state index contributed by atoms with van der Waals surface area (Å²) in [6.07, 6.45) is 0. The maximum atomic E-state index is 12.4. The van der Waals surface area contributed by atoms with Crippen LogP contribution in [0.5, 0.6) is 5.75 Å². The van der Waals surface area contributed by atoms with E-state index in [1.807, 2.05) is 24.3 Å². The quantitative estimate of drug-likeness (QED) is 0.548. The number of carbonyl (C=O) groups excluding carboxylic acids is 3. The van der Waals surface area contributed by atoms with Gasteiger partial charge in [-0.1, -0.05) is 50.2 Å². The molecule has 8 heteroatoms. The van der Waals surface area contributed by atoms with Gasteiger partial charge in [0.1, 0.15) is 11.8 Å². The SMILES string of the molecule is COc1ccccc1CNC(=O)COC(=O)[C@H](NC(=O)Nc1ccccc1)C(C)C. The molecule has 0 aliphatic heterocycles. The van der Waals surface area contributed by atoms with Crippen LogP contribution in [0.3, 0.4) is 0 Å². The number of nitrogens with one attached hydrogen (secondary N) is 3. The maximum absolute atomic E-state index is 12.4. The summed E-state index contributed by atoms with van der Waals surface area (Å²) in [4.78, 5) is 36.6. The Morgan fingerprint density at radius 2 is 1.63 bits per heavy atom. The van der Waals surface area contributed by atoms with Crippen LogP contribution >= 0.6 is 0 Å². The number of hydrogen-bond donors (Lipinski definition) is 3. The molecule has 8 nitrogen and oxygen atoms in total. The Balaban J connectivity index is 1.82. The highest BCUT2D eigenvalue weighted by molar-refractivity contribution is 5.93. The van der Waals surface area contributed by atoms with E-state index in [1.165, 1.54) is 0 Å². The van der Waals surface area contributed by atoms with Crippen molar-refractivity contribution < 1.29 is 23.9 Å². The predicted molar refractivity (Wildman–Crippen MR) is 113 cm³/mol. The highest BCUT2D eigenvalue weighted by Gasteiger charge is 2.26. The van der Waals surface area contributed by atoms with Crippen molar-refractivity contribution in [3.05, 3.63) is 60.2 Å². The van der Waals surface area contributed by atoms with Crippen LogP contribution in [0.1, 0.15) is 19.4 Å². The van der Waals surface area contributed by atoms with Gasteiger partial charge in [0.2, 0.25) is 0 Å². The zero-order chi connectivity index (χ0) is 21.9. The topological polar surface area (TPSA) is 106 Å². The molecule has 2 aromatic carbocycles. The lowest BCUT2D eigenvalue weighted by Gasteiger charge is -2.21. The van der Waals surface area contributed by atoms with Crippen LogP contribution in [0.2, 0.25) is 0 Å². The van der Waals surface area contributed by atoms with Crippen molar-refractivity contribution in [2.24, 2.45) is 5.92 Å². The molecule has 0 aromatic heterocycles. The summed E-state index contributed by atoms with van der Waals surface area (Å²) in [5.41, 5.74) is 1.40. The van der Waals surface area contributed by atoms with Crippen molar-refractivity contribution in [1.82, 2.24) is 10.6 Å². The Morgan fingerprint density at radius 1 is 0.967 bits per heavy atom. The molecule has 0 radical (unpaired) electrons. The molecule has 3 N–H and O–H groups in total. The zero-order valence-corrected chi connectivity index (χ0v) is 17.3. The van der Waals surface area contributed by atoms with Gasteiger partial charge in [-0.3, -0.25) is 4.79 Å². The van der Waals surface area contributed by atoms with Crippen LogP contribution in [0.4, 0.5) is 10.5 Å². The summed E-state index contributed by atoms with van der Waals surface area (Å²) < 4.78 is 10.3.